The van der Waals surface area contributed by atoms with Gasteiger partial charge >= 0.3 is 0 Å². The Kier molecular flexibility index (Phi) is 6.66. The van der Waals surface area contributed by atoms with Gasteiger partial charge in [0.25, 0.3) is 0 Å². The van der Waals surface area contributed by atoms with E-state index in [0.29, 0.717) is 17.5 Å². The highest BCUT2D eigenvalue weighted by Crippen LogP contribution is 2.65. The maximum Gasteiger partial charge on any atom is 0.209 e. The molecule has 0 aliphatic heterocycles. The number of phenols is 1. The minimum atomic E-state index is -2.64. The number of aromatic hydroxyl groups is 1. The molecule has 0 amide bonds. The zero-order chi connectivity index (χ0) is 31.1. The lowest BCUT2D eigenvalue weighted by molar-refractivity contribution is -0.171. The van der Waals surface area contributed by atoms with Crippen molar-refractivity contribution in [3.8, 4) is 16.9 Å². The van der Waals surface area contributed by atoms with E-state index in [1.54, 1.807) is 33.8 Å². The molecule has 2 aromatic rings. The van der Waals surface area contributed by atoms with Crippen molar-refractivity contribution in [2.75, 3.05) is 0 Å². The summed E-state index contributed by atoms with van der Waals surface area (Å²) >= 11 is 0. The first-order valence-electron chi connectivity index (χ1n) is 14.1. The van der Waals surface area contributed by atoms with Gasteiger partial charge in [-0.3, -0.25) is 19.2 Å². The Labute approximate surface area is 244 Å². The molecule has 4 atom stereocenters. The van der Waals surface area contributed by atoms with Gasteiger partial charge in [-0.2, -0.15) is 0 Å². The molecule has 0 heterocycles. The van der Waals surface area contributed by atoms with Gasteiger partial charge in [-0.1, -0.05) is 58.0 Å². The molecule has 2 aromatic carbocycles. The molecule has 220 valence electrons. The fourth-order valence-electron chi connectivity index (χ4n) is 8.09. The molecular weight excluding hydrogens is 536 g/mol. The molecule has 0 saturated carbocycles. The third-order valence-corrected chi connectivity index (χ3v) is 9.61. The third kappa shape index (κ3) is 3.84. The molecule has 8 heteroatoms. The smallest absolute Gasteiger partial charge is 0.209 e. The highest BCUT2D eigenvalue weighted by Gasteiger charge is 2.71. The first-order chi connectivity index (χ1) is 19.5. The zero-order valence-corrected chi connectivity index (χ0v) is 24.7. The minimum Gasteiger partial charge on any atom is -0.511 e. The Bertz CT molecular complexity index is 1640. The van der Waals surface area contributed by atoms with Crippen LogP contribution in [-0.4, -0.2) is 49.2 Å². The highest BCUT2D eigenvalue weighted by atomic mass is 16.3. The number of fused-ring (bicyclic) bond motifs is 3. The predicted octanol–water partition coefficient (Wildman–Crippen LogP) is 5.15. The Morgan fingerprint density at radius 2 is 1.60 bits per heavy atom. The van der Waals surface area contributed by atoms with Gasteiger partial charge in [0.05, 0.1) is 5.56 Å². The van der Waals surface area contributed by atoms with Gasteiger partial charge in [0, 0.05) is 28.7 Å². The number of hydrogen-bond donors (Lipinski definition) is 4. The number of hydrogen-bond acceptors (Lipinski definition) is 8. The molecule has 0 bridgehead atoms. The van der Waals surface area contributed by atoms with Crippen molar-refractivity contribution in [2.45, 2.75) is 66.4 Å². The molecule has 0 spiro atoms. The fourth-order valence-corrected chi connectivity index (χ4v) is 8.09. The maximum atomic E-state index is 14.2. The lowest BCUT2D eigenvalue weighted by Gasteiger charge is -2.59. The van der Waals surface area contributed by atoms with Crippen LogP contribution < -0.4 is 0 Å². The summed E-state index contributed by atoms with van der Waals surface area (Å²) in [7, 11) is 0. The topological polar surface area (TPSA) is 149 Å². The first-order valence-corrected chi connectivity index (χ1v) is 14.1. The Morgan fingerprint density at radius 3 is 2.14 bits per heavy atom. The van der Waals surface area contributed by atoms with Crippen LogP contribution >= 0.6 is 0 Å². The van der Waals surface area contributed by atoms with Gasteiger partial charge in [-0.05, 0) is 60.9 Å². The number of ketones is 4. The molecule has 1 unspecified atom stereocenters. The van der Waals surface area contributed by atoms with E-state index in [-0.39, 0.29) is 41.4 Å². The van der Waals surface area contributed by atoms with E-state index in [1.165, 1.54) is 13.0 Å². The molecule has 8 nitrogen and oxygen atoms in total. The third-order valence-electron chi connectivity index (χ3n) is 9.61. The molecule has 0 saturated heterocycles. The molecule has 0 aromatic heterocycles. The fraction of sp³-hybridized carbons (Fsp3) is 0.412. The molecular formula is C34H36O8. The van der Waals surface area contributed by atoms with Crippen LogP contribution in [0, 0.1) is 22.7 Å². The monoisotopic (exact) mass is 572 g/mol. The van der Waals surface area contributed by atoms with E-state index < -0.39 is 56.8 Å². The standard InChI is InChI=1S/C34H36O8/c1-16(2)26-28(38)24(18(4)36)30(40)34(42)31(41)27-29(39)25-22(14-32(27,5)15-33(26,34)6)21(11-12-23(25)37)20-9-7-19(8-10-20)13-17(3)35/h7-12,16,26,37-38,41-42H,13-15H2,1-6H3/t26?,32-,33-,34+/m1/s1. The van der Waals surface area contributed by atoms with Crippen LogP contribution in [0.1, 0.15) is 69.4 Å². The zero-order valence-electron chi connectivity index (χ0n) is 24.7. The van der Waals surface area contributed by atoms with Crippen molar-refractivity contribution < 1.29 is 39.6 Å². The number of phenolic OH excluding ortho intramolecular Hbond substituents is 1. The number of carbonyl (C=O) groups is 4. The SMILES string of the molecule is CC(=O)Cc1ccc(-c2ccc(O)c3c2C[C@]2(C)C[C@]4(C)C(C(C)C)C(O)=C(C(C)=O)C(=O)[C@]4(O)C(O)=C2C3=O)cc1. The molecule has 42 heavy (non-hydrogen) atoms. The Morgan fingerprint density at radius 1 is 0.976 bits per heavy atom. The number of benzene rings is 2. The number of allylic oxidation sites excluding steroid dienone is 2. The van der Waals surface area contributed by atoms with E-state index >= 15 is 0 Å². The number of aliphatic hydroxyl groups is 3. The summed E-state index contributed by atoms with van der Waals surface area (Å²) < 4.78 is 0. The predicted molar refractivity (Wildman–Crippen MR) is 155 cm³/mol. The second kappa shape index (κ2) is 9.49. The molecule has 4 N–H and O–H groups in total. The van der Waals surface area contributed by atoms with E-state index in [1.807, 2.05) is 24.3 Å². The Balaban J connectivity index is 1.75. The lowest BCUT2D eigenvalue weighted by Crippen LogP contribution is -2.67. The second-order valence-corrected chi connectivity index (χ2v) is 13.0. The van der Waals surface area contributed by atoms with Crippen molar-refractivity contribution >= 4 is 23.1 Å². The van der Waals surface area contributed by atoms with Crippen LogP contribution in [0.4, 0.5) is 0 Å². The van der Waals surface area contributed by atoms with Crippen LogP contribution in [0.25, 0.3) is 11.1 Å². The van der Waals surface area contributed by atoms with Crippen LogP contribution in [0.2, 0.25) is 0 Å². The summed E-state index contributed by atoms with van der Waals surface area (Å²) in [5, 5.41) is 46.1. The van der Waals surface area contributed by atoms with Crippen LogP contribution in [0.5, 0.6) is 5.75 Å². The molecule has 3 aliphatic rings. The average Bonchev–Trinajstić information content (AvgIpc) is 2.86. The summed E-state index contributed by atoms with van der Waals surface area (Å²) in [4.78, 5) is 52.1. The number of aliphatic hydroxyl groups excluding tert-OH is 2. The van der Waals surface area contributed by atoms with Gasteiger partial charge in [0.2, 0.25) is 5.78 Å². The van der Waals surface area contributed by atoms with Gasteiger partial charge in [0.15, 0.2) is 17.2 Å². The van der Waals surface area contributed by atoms with Crippen LogP contribution in [0.15, 0.2) is 59.1 Å². The summed E-state index contributed by atoms with van der Waals surface area (Å²) in [5.41, 5.74) is -3.15. The summed E-state index contributed by atoms with van der Waals surface area (Å²) in [5.74, 6) is -5.35. The van der Waals surface area contributed by atoms with E-state index in [9.17, 15) is 39.6 Å². The van der Waals surface area contributed by atoms with Gasteiger partial charge in [-0.25, -0.2) is 0 Å². The van der Waals surface area contributed by atoms with E-state index in [2.05, 4.69) is 0 Å². The van der Waals surface area contributed by atoms with Gasteiger partial charge in [-0.15, -0.1) is 0 Å². The lowest BCUT2D eigenvalue weighted by atomic mass is 9.44. The number of rotatable bonds is 5. The van der Waals surface area contributed by atoms with E-state index in [4.69, 9.17) is 0 Å². The highest BCUT2D eigenvalue weighted by molar-refractivity contribution is 6.25. The largest absolute Gasteiger partial charge is 0.511 e. The van der Waals surface area contributed by atoms with Crippen molar-refractivity contribution in [3.63, 3.8) is 0 Å². The number of Topliss-reactive ketones (excluding diaryl/α,β-unsaturated/α-hetero) is 4. The average molecular weight is 573 g/mol. The minimum absolute atomic E-state index is 0.0253. The van der Waals surface area contributed by atoms with Crippen LogP contribution in [-0.2, 0) is 27.2 Å². The van der Waals surface area contributed by atoms with Crippen molar-refractivity contribution in [3.05, 3.63) is 75.8 Å². The van der Waals surface area contributed by atoms with Crippen molar-refractivity contribution in [2.24, 2.45) is 22.7 Å². The summed E-state index contributed by atoms with van der Waals surface area (Å²) in [6.07, 6.45) is 0.500. The summed E-state index contributed by atoms with van der Waals surface area (Å²) in [6.45, 7) is 9.61. The second-order valence-electron chi connectivity index (χ2n) is 13.0. The first kappa shape index (κ1) is 29.5. The molecule has 0 radical (unpaired) electrons. The van der Waals surface area contributed by atoms with E-state index in [0.717, 1.165) is 18.1 Å². The Hall–Kier alpha value is -4.04. The van der Waals surface area contributed by atoms with Crippen molar-refractivity contribution in [1.82, 2.24) is 0 Å². The van der Waals surface area contributed by atoms with Gasteiger partial charge in [0.1, 0.15) is 28.6 Å². The quantitative estimate of drug-likeness (QED) is 0.360. The molecule has 0 fully saturated rings. The number of carbonyl (C=O) groups excluding carboxylic acids is 4. The molecule has 3 aliphatic carbocycles. The van der Waals surface area contributed by atoms with Crippen molar-refractivity contribution in [1.29, 1.82) is 0 Å². The van der Waals surface area contributed by atoms with Gasteiger partial charge < -0.3 is 20.4 Å². The normalized spacial score (nSPS) is 28.9. The summed E-state index contributed by atoms with van der Waals surface area (Å²) in [6, 6.07) is 10.5. The molecule has 5 rings (SSSR count). The van der Waals surface area contributed by atoms with Crippen LogP contribution in [0.3, 0.4) is 0 Å². The maximum absolute atomic E-state index is 14.2.